The van der Waals surface area contributed by atoms with E-state index in [1.807, 2.05) is 36.4 Å². The van der Waals surface area contributed by atoms with Crippen molar-refractivity contribution in [3.63, 3.8) is 0 Å². The number of amides is 1. The average Bonchev–Trinajstić information content (AvgIpc) is 2.99. The van der Waals surface area contributed by atoms with Gasteiger partial charge in [-0.2, -0.15) is 0 Å². The molecule has 2 aromatic carbocycles. The van der Waals surface area contributed by atoms with Crippen LogP contribution >= 0.6 is 0 Å². The minimum atomic E-state index is -0.00428. The topological polar surface area (TPSA) is 67.5 Å². The molecule has 3 N–H and O–H groups in total. The molecule has 0 saturated heterocycles. The monoisotopic (exact) mass is 425 g/mol. The molecule has 1 aliphatic heterocycles. The van der Waals surface area contributed by atoms with Gasteiger partial charge >= 0.3 is 0 Å². The third-order valence-electron chi connectivity index (χ3n) is 6.40. The Balaban J connectivity index is 1.47. The van der Waals surface area contributed by atoms with E-state index in [1.54, 1.807) is 0 Å². The van der Waals surface area contributed by atoms with Crippen LogP contribution in [0.2, 0.25) is 0 Å². The summed E-state index contributed by atoms with van der Waals surface area (Å²) in [4.78, 5) is 17.1. The zero-order valence-electron chi connectivity index (χ0n) is 18.8. The van der Waals surface area contributed by atoms with E-state index in [2.05, 4.69) is 55.6 Å². The van der Waals surface area contributed by atoms with Crippen LogP contribution in [0.4, 0.5) is 5.69 Å². The Morgan fingerprint density at radius 3 is 2.75 bits per heavy atom. The van der Waals surface area contributed by atoms with Gasteiger partial charge in [-0.1, -0.05) is 61.5 Å². The summed E-state index contributed by atoms with van der Waals surface area (Å²) in [5, 5.41) is 3.02. The van der Waals surface area contributed by atoms with E-state index in [1.165, 1.54) is 11.1 Å². The minimum absolute atomic E-state index is 0.00428. The minimum Gasteiger partial charge on any atom is -0.387 e. The lowest BCUT2D eigenvalue weighted by atomic mass is 9.84. The largest absolute Gasteiger partial charge is 0.387 e. The highest BCUT2D eigenvalue weighted by Crippen LogP contribution is 2.32. The average molecular weight is 426 g/mol. The van der Waals surface area contributed by atoms with Crippen molar-refractivity contribution in [2.24, 2.45) is 22.6 Å². The number of aliphatic imine (C=N–C) groups is 1. The van der Waals surface area contributed by atoms with Crippen molar-refractivity contribution < 1.29 is 4.79 Å². The highest BCUT2D eigenvalue weighted by Gasteiger charge is 2.20. The molecule has 32 heavy (non-hydrogen) atoms. The number of hydrogen-bond acceptors (Lipinski definition) is 3. The summed E-state index contributed by atoms with van der Waals surface area (Å²) in [7, 11) is 0. The molecule has 4 nitrogen and oxygen atoms in total. The predicted molar refractivity (Wildman–Crippen MR) is 133 cm³/mol. The van der Waals surface area contributed by atoms with Crippen LogP contribution in [0.5, 0.6) is 0 Å². The molecule has 0 bridgehead atoms. The van der Waals surface area contributed by atoms with Crippen LogP contribution in [-0.4, -0.2) is 11.7 Å². The fourth-order valence-corrected chi connectivity index (χ4v) is 4.34. The van der Waals surface area contributed by atoms with Gasteiger partial charge in [0.15, 0.2) is 0 Å². The van der Waals surface area contributed by atoms with Crippen LogP contribution in [0.15, 0.2) is 83.0 Å². The van der Waals surface area contributed by atoms with Gasteiger partial charge < -0.3 is 11.1 Å². The van der Waals surface area contributed by atoms with E-state index in [0.717, 1.165) is 47.6 Å². The molecule has 1 heterocycles. The molecular formula is C28H31N3O. The van der Waals surface area contributed by atoms with Crippen LogP contribution in [0.3, 0.4) is 0 Å². The van der Waals surface area contributed by atoms with Crippen molar-refractivity contribution in [2.45, 2.75) is 39.5 Å². The molecule has 2 unspecified atom stereocenters. The summed E-state index contributed by atoms with van der Waals surface area (Å²) < 4.78 is 0. The van der Waals surface area contributed by atoms with E-state index in [4.69, 9.17) is 10.7 Å². The van der Waals surface area contributed by atoms with Gasteiger partial charge in [-0.25, -0.2) is 4.99 Å². The Kier molecular flexibility index (Phi) is 6.69. The lowest BCUT2D eigenvalue weighted by Gasteiger charge is -2.22. The molecule has 0 radical (unpaired) electrons. The molecule has 2 atom stereocenters. The number of hydrogen-bond donors (Lipinski definition) is 2. The van der Waals surface area contributed by atoms with E-state index in [0.29, 0.717) is 12.3 Å². The molecule has 0 saturated carbocycles. The lowest BCUT2D eigenvalue weighted by Crippen LogP contribution is -2.22. The van der Waals surface area contributed by atoms with E-state index < -0.39 is 0 Å². The van der Waals surface area contributed by atoms with E-state index in [-0.39, 0.29) is 11.8 Å². The molecule has 0 aromatic heterocycles. The standard InChI is InChI=1S/C28H31N3O/c1-3-21-10-7-11-26(31-28(21)29)19(2)22-12-13-24-18-25(15-14-23(24)17-22)30-27(32)16-20-8-5-4-6-9-20/h4-9,11-15,18,21-22H,3,10,16-17H2,1-2H3,(H2,29,31)(H,30,32). The van der Waals surface area contributed by atoms with Crippen molar-refractivity contribution in [3.8, 4) is 0 Å². The number of nitrogens with one attached hydrogen (secondary N) is 1. The van der Waals surface area contributed by atoms with Crippen molar-refractivity contribution in [2.75, 3.05) is 5.32 Å². The number of nitrogens with zero attached hydrogens (tertiary/aromatic N) is 1. The Hall–Kier alpha value is -3.40. The van der Waals surface area contributed by atoms with Gasteiger partial charge in [-0.15, -0.1) is 0 Å². The zero-order valence-corrected chi connectivity index (χ0v) is 18.8. The number of carbonyl (C=O) groups is 1. The maximum absolute atomic E-state index is 12.4. The summed E-state index contributed by atoms with van der Waals surface area (Å²) >= 11 is 0. The summed E-state index contributed by atoms with van der Waals surface area (Å²) in [5.41, 5.74) is 12.8. The van der Waals surface area contributed by atoms with Crippen molar-refractivity contribution >= 4 is 23.5 Å². The summed E-state index contributed by atoms with van der Waals surface area (Å²) in [6.45, 7) is 4.31. The lowest BCUT2D eigenvalue weighted by molar-refractivity contribution is -0.115. The van der Waals surface area contributed by atoms with E-state index in [9.17, 15) is 4.79 Å². The number of allylic oxidation sites excluding steroid dienone is 4. The van der Waals surface area contributed by atoms with Crippen LogP contribution in [0.1, 0.15) is 43.4 Å². The molecule has 1 aliphatic carbocycles. The maximum Gasteiger partial charge on any atom is 0.228 e. The van der Waals surface area contributed by atoms with Gasteiger partial charge in [0.05, 0.1) is 12.1 Å². The highest BCUT2D eigenvalue weighted by atomic mass is 16.1. The number of anilines is 1. The molecule has 164 valence electrons. The number of fused-ring (bicyclic) bond motifs is 1. The van der Waals surface area contributed by atoms with Crippen molar-refractivity contribution in [1.29, 1.82) is 0 Å². The Morgan fingerprint density at radius 1 is 1.16 bits per heavy atom. The SMILES string of the molecule is CCC1CC=CC(=C(C)C2C=Cc3cc(NC(=O)Cc4ccccc4)ccc3C2)N=C1N. The number of nitrogens with two attached hydrogens (primary N) is 1. The molecule has 0 fully saturated rings. The first-order valence-corrected chi connectivity index (χ1v) is 11.4. The molecule has 1 amide bonds. The van der Waals surface area contributed by atoms with E-state index >= 15 is 0 Å². The van der Waals surface area contributed by atoms with Gasteiger partial charge in [-0.05, 0) is 66.7 Å². The Labute approximate surface area is 190 Å². The highest BCUT2D eigenvalue weighted by molar-refractivity contribution is 5.92. The number of benzene rings is 2. The first-order valence-electron chi connectivity index (χ1n) is 11.4. The predicted octanol–water partition coefficient (Wildman–Crippen LogP) is 5.67. The van der Waals surface area contributed by atoms with Crippen LogP contribution in [0.25, 0.3) is 6.08 Å². The Bertz CT molecular complexity index is 1110. The maximum atomic E-state index is 12.4. The Morgan fingerprint density at radius 2 is 1.97 bits per heavy atom. The number of rotatable bonds is 5. The molecule has 2 aromatic rings. The van der Waals surface area contributed by atoms with Crippen molar-refractivity contribution in [3.05, 3.63) is 94.7 Å². The van der Waals surface area contributed by atoms with Gasteiger partial charge in [0, 0.05) is 17.5 Å². The number of carbonyl (C=O) groups excluding carboxylic acids is 1. The van der Waals surface area contributed by atoms with Crippen LogP contribution in [0, 0.1) is 11.8 Å². The van der Waals surface area contributed by atoms with Gasteiger partial charge in [0.2, 0.25) is 5.91 Å². The second kappa shape index (κ2) is 9.82. The molecule has 4 heteroatoms. The second-order valence-corrected chi connectivity index (χ2v) is 8.64. The molecule has 0 spiro atoms. The van der Waals surface area contributed by atoms with Crippen LogP contribution < -0.4 is 11.1 Å². The van der Waals surface area contributed by atoms with Gasteiger partial charge in [0.1, 0.15) is 5.84 Å². The fourth-order valence-electron chi connectivity index (χ4n) is 4.34. The first kappa shape index (κ1) is 21.8. The smallest absolute Gasteiger partial charge is 0.228 e. The van der Waals surface area contributed by atoms with Gasteiger partial charge in [-0.3, -0.25) is 4.79 Å². The third kappa shape index (κ3) is 5.08. The summed E-state index contributed by atoms with van der Waals surface area (Å²) in [6, 6.07) is 16.0. The second-order valence-electron chi connectivity index (χ2n) is 8.64. The normalized spacial score (nSPS) is 21.4. The van der Waals surface area contributed by atoms with Gasteiger partial charge in [0.25, 0.3) is 0 Å². The van der Waals surface area contributed by atoms with Crippen LogP contribution in [-0.2, 0) is 17.6 Å². The quantitative estimate of drug-likeness (QED) is 0.648. The van der Waals surface area contributed by atoms with Crippen molar-refractivity contribution in [1.82, 2.24) is 0 Å². The zero-order chi connectivity index (χ0) is 22.5. The summed E-state index contributed by atoms with van der Waals surface area (Å²) in [6.07, 6.45) is 12.0. The first-order chi connectivity index (χ1) is 15.5. The number of amidine groups is 1. The third-order valence-corrected chi connectivity index (χ3v) is 6.40. The summed E-state index contributed by atoms with van der Waals surface area (Å²) in [5.74, 6) is 1.35. The fraction of sp³-hybridized carbons (Fsp3) is 0.286. The molecular weight excluding hydrogens is 394 g/mol. The molecule has 2 aliphatic rings. The molecule has 4 rings (SSSR count).